The third-order valence-electron chi connectivity index (χ3n) is 3.21. The van der Waals surface area contributed by atoms with Crippen LogP contribution in [0.3, 0.4) is 0 Å². The van der Waals surface area contributed by atoms with Gasteiger partial charge in [-0.3, -0.25) is 15.0 Å². The highest BCUT2D eigenvalue weighted by Crippen LogP contribution is 2.27. The lowest BCUT2D eigenvalue weighted by Gasteiger charge is -1.99. The summed E-state index contributed by atoms with van der Waals surface area (Å²) in [7, 11) is 0. The molecule has 1 heterocycles. The van der Waals surface area contributed by atoms with E-state index in [2.05, 4.69) is 20.4 Å². The number of H-pyrrole nitrogens is 2. The summed E-state index contributed by atoms with van der Waals surface area (Å²) in [4.78, 5) is 23.1. The molecule has 0 bridgehead atoms. The molecule has 0 aliphatic heterocycles. The van der Waals surface area contributed by atoms with Crippen molar-refractivity contribution in [3.8, 4) is 11.3 Å². The molecule has 0 atom stereocenters. The van der Waals surface area contributed by atoms with Crippen LogP contribution in [0.5, 0.6) is 0 Å². The van der Waals surface area contributed by atoms with Gasteiger partial charge in [-0.05, 0) is 12.1 Å². The lowest BCUT2D eigenvalue weighted by Crippen LogP contribution is -1.97. The fourth-order valence-corrected chi connectivity index (χ4v) is 2.11. The van der Waals surface area contributed by atoms with E-state index in [0.717, 1.165) is 5.56 Å². The molecule has 2 aromatic carbocycles. The number of hydrogen-bond donors (Lipinski definition) is 3. The first-order valence-corrected chi connectivity index (χ1v) is 6.77. The van der Waals surface area contributed by atoms with E-state index in [0.29, 0.717) is 5.69 Å². The van der Waals surface area contributed by atoms with Crippen molar-refractivity contribution in [2.45, 2.75) is 0 Å². The molecule has 7 nitrogen and oxygen atoms in total. The van der Waals surface area contributed by atoms with Gasteiger partial charge in [-0.15, -0.1) is 10.2 Å². The highest BCUT2D eigenvalue weighted by atomic mass is 16.4. The number of aromatic amines is 2. The summed E-state index contributed by atoms with van der Waals surface area (Å²) in [5.41, 5.74) is 1.12. The highest BCUT2D eigenvalue weighted by Gasteiger charge is 2.12. The summed E-state index contributed by atoms with van der Waals surface area (Å²) in [6, 6.07) is 15.4. The van der Waals surface area contributed by atoms with Gasteiger partial charge < -0.3 is 5.11 Å². The van der Waals surface area contributed by atoms with Crippen LogP contribution in [0.4, 0.5) is 11.4 Å². The van der Waals surface area contributed by atoms with E-state index in [1.54, 1.807) is 12.1 Å². The summed E-state index contributed by atoms with van der Waals surface area (Å²) < 4.78 is 0. The molecule has 7 heteroatoms. The van der Waals surface area contributed by atoms with Crippen molar-refractivity contribution in [1.29, 1.82) is 0 Å². The fourth-order valence-electron chi connectivity index (χ4n) is 2.11. The summed E-state index contributed by atoms with van der Waals surface area (Å²) >= 11 is 0. The molecule has 0 aliphatic rings. The van der Waals surface area contributed by atoms with Gasteiger partial charge in [-0.2, -0.15) is 0 Å². The smallest absolute Gasteiger partial charge is 0.337 e. The van der Waals surface area contributed by atoms with Crippen LogP contribution in [0.15, 0.2) is 69.6 Å². The van der Waals surface area contributed by atoms with E-state index in [1.165, 1.54) is 12.1 Å². The minimum atomic E-state index is -1.11. The summed E-state index contributed by atoms with van der Waals surface area (Å²) in [5.74, 6) is -1.11. The van der Waals surface area contributed by atoms with Gasteiger partial charge in [0.25, 0.3) is 5.56 Å². The standard InChI is InChI=1S/C16H12N4O3/c21-15-14(13(18-20-15)10-6-2-1-3-7-10)19-17-12-9-5-4-8-11(12)16(22)23/h1-9H,(H,22,23)(H2,18,20,21). The Morgan fingerprint density at radius 1 is 0.913 bits per heavy atom. The maximum absolute atomic E-state index is 11.9. The number of carbonyl (C=O) groups is 1. The van der Waals surface area contributed by atoms with Crippen LogP contribution >= 0.6 is 0 Å². The normalized spacial score (nSPS) is 11.0. The zero-order valence-corrected chi connectivity index (χ0v) is 11.9. The van der Waals surface area contributed by atoms with Gasteiger partial charge in [-0.1, -0.05) is 42.5 Å². The quantitative estimate of drug-likeness (QED) is 0.641. The van der Waals surface area contributed by atoms with E-state index in [9.17, 15) is 9.59 Å². The Hall–Kier alpha value is -3.48. The lowest BCUT2D eigenvalue weighted by atomic mass is 10.1. The summed E-state index contributed by atoms with van der Waals surface area (Å²) in [5, 5.41) is 22.2. The SMILES string of the molecule is O=C(O)c1ccccc1N=Nc1c(-c2ccccc2)[nH][nH]c1=O. The van der Waals surface area contributed by atoms with Gasteiger partial charge in [0, 0.05) is 5.56 Å². The predicted molar refractivity (Wildman–Crippen MR) is 84.4 cm³/mol. The predicted octanol–water partition coefficient (Wildman–Crippen LogP) is 3.48. The second-order valence-corrected chi connectivity index (χ2v) is 4.69. The second kappa shape index (κ2) is 6.10. The van der Waals surface area contributed by atoms with Crippen molar-refractivity contribution in [1.82, 2.24) is 10.2 Å². The number of nitrogens with one attached hydrogen (secondary N) is 2. The molecule has 0 radical (unpaired) electrons. The maximum Gasteiger partial charge on any atom is 0.337 e. The molecule has 0 aliphatic carbocycles. The average Bonchev–Trinajstić information content (AvgIpc) is 2.94. The van der Waals surface area contributed by atoms with E-state index in [1.807, 2.05) is 30.3 Å². The number of hydrogen-bond acceptors (Lipinski definition) is 4. The summed E-state index contributed by atoms with van der Waals surface area (Å²) in [6.45, 7) is 0. The lowest BCUT2D eigenvalue weighted by molar-refractivity contribution is 0.0698. The second-order valence-electron chi connectivity index (χ2n) is 4.69. The molecule has 0 amide bonds. The largest absolute Gasteiger partial charge is 0.478 e. The molecular formula is C16H12N4O3. The van der Waals surface area contributed by atoms with Gasteiger partial charge in [-0.25, -0.2) is 4.79 Å². The molecule has 0 unspecified atom stereocenters. The maximum atomic E-state index is 11.9. The third-order valence-corrected chi connectivity index (χ3v) is 3.21. The Morgan fingerprint density at radius 3 is 2.35 bits per heavy atom. The fraction of sp³-hybridized carbons (Fsp3) is 0. The van der Waals surface area contributed by atoms with E-state index < -0.39 is 11.5 Å². The van der Waals surface area contributed by atoms with E-state index >= 15 is 0 Å². The van der Waals surface area contributed by atoms with Crippen molar-refractivity contribution in [3.05, 3.63) is 70.5 Å². The van der Waals surface area contributed by atoms with Gasteiger partial charge in [0.05, 0.1) is 11.3 Å². The van der Waals surface area contributed by atoms with Crippen molar-refractivity contribution in [2.24, 2.45) is 10.2 Å². The number of carboxylic acid groups (broad SMARTS) is 1. The minimum Gasteiger partial charge on any atom is -0.478 e. The number of benzene rings is 2. The molecule has 3 N–H and O–H groups in total. The first-order chi connectivity index (χ1) is 11.2. The Labute approximate surface area is 130 Å². The molecule has 0 saturated carbocycles. The van der Waals surface area contributed by atoms with Crippen molar-refractivity contribution in [2.75, 3.05) is 0 Å². The average molecular weight is 308 g/mol. The zero-order valence-electron chi connectivity index (χ0n) is 11.9. The van der Waals surface area contributed by atoms with Crippen molar-refractivity contribution >= 4 is 17.3 Å². The van der Waals surface area contributed by atoms with Gasteiger partial charge in [0.15, 0.2) is 5.69 Å². The topological polar surface area (TPSA) is 111 Å². The van der Waals surface area contributed by atoms with Crippen LogP contribution in [0.2, 0.25) is 0 Å². The molecule has 0 fully saturated rings. The minimum absolute atomic E-state index is 0.0180. The number of aromatic carboxylic acids is 1. The molecule has 114 valence electrons. The zero-order chi connectivity index (χ0) is 16.2. The van der Waals surface area contributed by atoms with Gasteiger partial charge in [0.2, 0.25) is 0 Å². The number of carboxylic acids is 1. The number of rotatable bonds is 4. The number of aromatic nitrogens is 2. The number of azo groups is 1. The molecule has 1 aromatic heterocycles. The van der Waals surface area contributed by atoms with Crippen LogP contribution in [-0.4, -0.2) is 21.3 Å². The van der Waals surface area contributed by atoms with Crippen molar-refractivity contribution < 1.29 is 9.90 Å². The molecule has 0 saturated heterocycles. The Bertz CT molecular complexity index is 926. The van der Waals surface area contributed by atoms with Crippen LogP contribution < -0.4 is 5.56 Å². The third kappa shape index (κ3) is 2.93. The molecular weight excluding hydrogens is 296 g/mol. The summed E-state index contributed by atoms with van der Waals surface area (Å²) in [6.07, 6.45) is 0. The highest BCUT2D eigenvalue weighted by molar-refractivity contribution is 5.93. The molecule has 3 aromatic rings. The molecule has 23 heavy (non-hydrogen) atoms. The van der Waals surface area contributed by atoms with Crippen LogP contribution in [0.25, 0.3) is 11.3 Å². The van der Waals surface area contributed by atoms with Crippen LogP contribution in [0.1, 0.15) is 10.4 Å². The van der Waals surface area contributed by atoms with Gasteiger partial charge >= 0.3 is 5.97 Å². The first kappa shape index (κ1) is 14.5. The molecule has 0 spiro atoms. The Kier molecular flexibility index (Phi) is 3.84. The Balaban J connectivity index is 2.04. The molecule has 3 rings (SSSR count). The van der Waals surface area contributed by atoms with E-state index in [-0.39, 0.29) is 16.9 Å². The van der Waals surface area contributed by atoms with Crippen LogP contribution in [-0.2, 0) is 0 Å². The van der Waals surface area contributed by atoms with Crippen molar-refractivity contribution in [3.63, 3.8) is 0 Å². The monoisotopic (exact) mass is 308 g/mol. The number of nitrogens with zero attached hydrogens (tertiary/aromatic N) is 2. The van der Waals surface area contributed by atoms with E-state index in [4.69, 9.17) is 5.11 Å². The van der Waals surface area contributed by atoms with Gasteiger partial charge in [0.1, 0.15) is 5.69 Å². The van der Waals surface area contributed by atoms with Crippen LogP contribution in [0, 0.1) is 0 Å². The Morgan fingerprint density at radius 2 is 1.61 bits per heavy atom. The first-order valence-electron chi connectivity index (χ1n) is 6.77.